The van der Waals surface area contributed by atoms with Gasteiger partial charge in [-0.15, -0.1) is 0 Å². The topological polar surface area (TPSA) is 33.4 Å². The molecule has 0 radical (unpaired) electrons. The maximum absolute atomic E-state index is 12.1. The molecule has 78 valence electrons. The third kappa shape index (κ3) is 2.92. The summed E-state index contributed by atoms with van der Waals surface area (Å²) in [6.45, 7) is -0.958. The van der Waals surface area contributed by atoms with Crippen molar-refractivity contribution in [3.8, 4) is 0 Å². The van der Waals surface area contributed by atoms with E-state index in [-0.39, 0.29) is 0 Å². The van der Waals surface area contributed by atoms with Crippen LogP contribution in [0.15, 0.2) is 28.9 Å². The van der Waals surface area contributed by atoms with E-state index in [0.717, 1.165) is 6.08 Å². The highest BCUT2D eigenvalue weighted by Gasteiger charge is 2.37. The monoisotopic (exact) mass is 206 g/mol. The first-order valence-corrected chi connectivity index (χ1v) is 3.93. The van der Waals surface area contributed by atoms with Gasteiger partial charge in [0, 0.05) is 0 Å². The van der Waals surface area contributed by atoms with Crippen LogP contribution in [0, 0.1) is 5.92 Å². The van der Waals surface area contributed by atoms with Gasteiger partial charge in [-0.25, -0.2) is 0 Å². The van der Waals surface area contributed by atoms with Crippen molar-refractivity contribution in [3.63, 3.8) is 0 Å². The van der Waals surface area contributed by atoms with Crippen LogP contribution in [0.2, 0.25) is 0 Å². The summed E-state index contributed by atoms with van der Waals surface area (Å²) in [5, 5.41) is 8.49. The van der Waals surface area contributed by atoms with E-state index in [2.05, 4.69) is 0 Å². The fraction of sp³-hybridized carbons (Fsp3) is 0.333. The molecule has 14 heavy (non-hydrogen) atoms. The molecule has 0 spiro atoms. The normalized spacial score (nSPS) is 14.9. The summed E-state index contributed by atoms with van der Waals surface area (Å²) in [6, 6.07) is 3.10. The molecule has 2 nitrogen and oxygen atoms in total. The Morgan fingerprint density at radius 3 is 2.64 bits per heavy atom. The molecule has 1 heterocycles. The Balaban J connectivity index is 2.66. The SMILES string of the molecule is OC[C@@H](/C=C/c1ccco1)C(F)(F)F. The van der Waals surface area contributed by atoms with Crippen LogP contribution in [0.1, 0.15) is 5.76 Å². The number of rotatable bonds is 3. The quantitative estimate of drug-likeness (QED) is 0.824. The third-order valence-electron chi connectivity index (χ3n) is 1.65. The van der Waals surface area contributed by atoms with Crippen molar-refractivity contribution in [3.05, 3.63) is 30.2 Å². The highest BCUT2D eigenvalue weighted by atomic mass is 19.4. The van der Waals surface area contributed by atoms with Gasteiger partial charge in [0.2, 0.25) is 0 Å². The molecular formula is C9H9F3O2. The van der Waals surface area contributed by atoms with Crippen LogP contribution in [0.4, 0.5) is 13.2 Å². The number of furan rings is 1. The number of aliphatic hydroxyl groups excluding tert-OH is 1. The van der Waals surface area contributed by atoms with Gasteiger partial charge in [0.1, 0.15) is 5.76 Å². The first-order chi connectivity index (χ1) is 6.54. The standard InChI is InChI=1S/C9H9F3O2/c10-9(11,12)7(6-13)3-4-8-2-1-5-14-8/h1-5,7,13H,6H2/b4-3+/t7-/m1/s1. The Bertz CT molecular complexity index is 288. The average Bonchev–Trinajstić information content (AvgIpc) is 2.55. The first-order valence-electron chi connectivity index (χ1n) is 3.93. The summed E-state index contributed by atoms with van der Waals surface area (Å²) in [5.41, 5.74) is 0. The second kappa shape index (κ2) is 4.32. The van der Waals surface area contributed by atoms with Gasteiger partial charge in [0.25, 0.3) is 0 Å². The Labute approximate surface area is 78.7 Å². The molecule has 1 aromatic heterocycles. The minimum atomic E-state index is -4.42. The van der Waals surface area contributed by atoms with Crippen LogP contribution >= 0.6 is 0 Å². The highest BCUT2D eigenvalue weighted by molar-refractivity contribution is 5.42. The first kappa shape index (κ1) is 10.8. The Morgan fingerprint density at radius 1 is 1.50 bits per heavy atom. The van der Waals surface area contributed by atoms with Crippen molar-refractivity contribution in [2.75, 3.05) is 6.61 Å². The van der Waals surface area contributed by atoms with E-state index in [1.54, 1.807) is 6.07 Å². The van der Waals surface area contributed by atoms with E-state index < -0.39 is 18.7 Å². The molecule has 1 atom stereocenters. The van der Waals surface area contributed by atoms with Crippen LogP contribution < -0.4 is 0 Å². The van der Waals surface area contributed by atoms with Gasteiger partial charge in [-0.05, 0) is 18.2 Å². The zero-order valence-electron chi connectivity index (χ0n) is 7.16. The van der Waals surface area contributed by atoms with E-state index in [9.17, 15) is 13.2 Å². The lowest BCUT2D eigenvalue weighted by Crippen LogP contribution is -2.23. The second-order valence-electron chi connectivity index (χ2n) is 2.71. The van der Waals surface area contributed by atoms with Gasteiger partial charge in [-0.1, -0.05) is 6.08 Å². The molecule has 0 aliphatic rings. The molecule has 0 aliphatic carbocycles. The van der Waals surface area contributed by atoms with E-state index in [1.807, 2.05) is 0 Å². The number of hydrogen-bond acceptors (Lipinski definition) is 2. The molecule has 0 aromatic carbocycles. The summed E-state index contributed by atoms with van der Waals surface area (Å²) in [4.78, 5) is 0. The molecule has 1 N–H and O–H groups in total. The second-order valence-corrected chi connectivity index (χ2v) is 2.71. The molecule has 0 aliphatic heterocycles. The predicted octanol–water partition coefficient (Wildman–Crippen LogP) is 2.46. The van der Waals surface area contributed by atoms with Crippen molar-refractivity contribution in [1.82, 2.24) is 0 Å². The fourth-order valence-corrected chi connectivity index (χ4v) is 0.871. The number of hydrogen-bond donors (Lipinski definition) is 1. The van der Waals surface area contributed by atoms with Crippen molar-refractivity contribution in [2.24, 2.45) is 5.92 Å². The van der Waals surface area contributed by atoms with Crippen LogP contribution in [-0.4, -0.2) is 17.9 Å². The molecule has 1 rings (SSSR count). The summed E-state index contributed by atoms with van der Waals surface area (Å²) in [7, 11) is 0. The van der Waals surface area contributed by atoms with E-state index >= 15 is 0 Å². The van der Waals surface area contributed by atoms with Crippen LogP contribution in [-0.2, 0) is 0 Å². The number of halogens is 3. The van der Waals surface area contributed by atoms with Crippen LogP contribution in [0.5, 0.6) is 0 Å². The minimum Gasteiger partial charge on any atom is -0.465 e. The van der Waals surface area contributed by atoms with Gasteiger partial charge in [-0.3, -0.25) is 0 Å². The number of aliphatic hydroxyl groups is 1. The summed E-state index contributed by atoms with van der Waals surface area (Å²) < 4.78 is 41.1. The van der Waals surface area contributed by atoms with E-state index in [4.69, 9.17) is 9.52 Å². The molecule has 0 saturated heterocycles. The summed E-state index contributed by atoms with van der Waals surface area (Å²) in [6.07, 6.45) is -0.994. The summed E-state index contributed by atoms with van der Waals surface area (Å²) >= 11 is 0. The van der Waals surface area contributed by atoms with Gasteiger partial charge in [-0.2, -0.15) is 13.2 Å². The predicted molar refractivity (Wildman–Crippen MR) is 44.4 cm³/mol. The summed E-state index contributed by atoms with van der Waals surface area (Å²) in [5.74, 6) is -1.51. The molecular weight excluding hydrogens is 197 g/mol. The fourth-order valence-electron chi connectivity index (χ4n) is 0.871. The Kier molecular flexibility index (Phi) is 3.35. The van der Waals surface area contributed by atoms with E-state index in [1.165, 1.54) is 18.4 Å². The zero-order valence-corrected chi connectivity index (χ0v) is 7.16. The largest absolute Gasteiger partial charge is 0.465 e. The van der Waals surface area contributed by atoms with Gasteiger partial charge < -0.3 is 9.52 Å². The molecule has 0 fully saturated rings. The third-order valence-corrected chi connectivity index (χ3v) is 1.65. The van der Waals surface area contributed by atoms with Crippen LogP contribution in [0.3, 0.4) is 0 Å². The number of alkyl halides is 3. The zero-order chi connectivity index (χ0) is 10.6. The maximum Gasteiger partial charge on any atom is 0.397 e. The molecule has 0 amide bonds. The molecule has 0 saturated carbocycles. The highest BCUT2D eigenvalue weighted by Crippen LogP contribution is 2.27. The van der Waals surface area contributed by atoms with Crippen molar-refractivity contribution in [2.45, 2.75) is 6.18 Å². The van der Waals surface area contributed by atoms with Gasteiger partial charge in [0.05, 0.1) is 18.8 Å². The van der Waals surface area contributed by atoms with Gasteiger partial charge in [0.15, 0.2) is 0 Å². The molecule has 0 bridgehead atoms. The Morgan fingerprint density at radius 2 is 2.21 bits per heavy atom. The van der Waals surface area contributed by atoms with Crippen LogP contribution in [0.25, 0.3) is 6.08 Å². The maximum atomic E-state index is 12.1. The lowest BCUT2D eigenvalue weighted by molar-refractivity contribution is -0.169. The lowest BCUT2D eigenvalue weighted by atomic mass is 10.1. The van der Waals surface area contributed by atoms with Crippen molar-refractivity contribution < 1.29 is 22.7 Å². The van der Waals surface area contributed by atoms with E-state index in [0.29, 0.717) is 5.76 Å². The van der Waals surface area contributed by atoms with Crippen molar-refractivity contribution >= 4 is 6.08 Å². The smallest absolute Gasteiger partial charge is 0.397 e. The van der Waals surface area contributed by atoms with Gasteiger partial charge >= 0.3 is 6.18 Å². The Hall–Kier alpha value is -1.23. The minimum absolute atomic E-state index is 0.327. The average molecular weight is 206 g/mol. The molecule has 5 heteroatoms. The molecule has 1 aromatic rings. The molecule has 0 unspecified atom stereocenters. The lowest BCUT2D eigenvalue weighted by Gasteiger charge is -2.12. The van der Waals surface area contributed by atoms with Crippen molar-refractivity contribution in [1.29, 1.82) is 0 Å².